The molecule has 2 aromatic carbocycles. The average Bonchev–Trinajstić information content (AvgIpc) is 3.44. The fourth-order valence-corrected chi connectivity index (χ4v) is 5.10. The number of hydrogen-bond donors (Lipinski definition) is 1. The smallest absolute Gasteiger partial charge is 0.407 e. The second-order valence-corrected chi connectivity index (χ2v) is 10.2. The molecule has 208 valence electrons. The maximum atomic E-state index is 12.7. The molecule has 0 radical (unpaired) electrons. The highest BCUT2D eigenvalue weighted by atomic mass is 16.5. The Morgan fingerprint density at radius 1 is 0.949 bits per heavy atom. The molecule has 7 nitrogen and oxygen atoms in total. The van der Waals surface area contributed by atoms with E-state index < -0.39 is 6.09 Å². The number of unbranched alkanes of at least 4 members (excludes halogenated alkanes) is 5. The van der Waals surface area contributed by atoms with E-state index in [0.29, 0.717) is 24.3 Å². The van der Waals surface area contributed by atoms with Crippen LogP contribution in [0.25, 0.3) is 11.0 Å². The topological polar surface area (TPSA) is 94.8 Å². The third-order valence-corrected chi connectivity index (χ3v) is 7.22. The number of aryl methyl sites for hydroxylation is 2. The van der Waals surface area contributed by atoms with Crippen LogP contribution >= 0.6 is 0 Å². The van der Waals surface area contributed by atoms with Crippen molar-refractivity contribution in [3.05, 3.63) is 75.1 Å². The maximum Gasteiger partial charge on any atom is 0.407 e. The molecule has 1 aromatic heterocycles. The first-order chi connectivity index (χ1) is 19.0. The molecular weight excluding hydrogens is 494 g/mol. The first kappa shape index (κ1) is 28.4. The zero-order valence-corrected chi connectivity index (χ0v) is 22.9. The number of nitrogens with one attached hydrogen (secondary N) is 1. The van der Waals surface area contributed by atoms with Gasteiger partial charge in [0, 0.05) is 30.0 Å². The molecule has 0 bridgehead atoms. The summed E-state index contributed by atoms with van der Waals surface area (Å²) in [5.41, 5.74) is 4.03. The van der Waals surface area contributed by atoms with Gasteiger partial charge < -0.3 is 19.2 Å². The molecule has 39 heavy (non-hydrogen) atoms. The van der Waals surface area contributed by atoms with Gasteiger partial charge in [-0.3, -0.25) is 4.79 Å². The molecule has 4 rings (SSSR count). The van der Waals surface area contributed by atoms with Gasteiger partial charge in [-0.25, -0.2) is 9.59 Å². The molecule has 0 fully saturated rings. The van der Waals surface area contributed by atoms with Crippen LogP contribution in [0, 0.1) is 0 Å². The third-order valence-electron chi connectivity index (χ3n) is 7.22. The van der Waals surface area contributed by atoms with Gasteiger partial charge >= 0.3 is 17.7 Å². The second-order valence-electron chi connectivity index (χ2n) is 10.2. The molecule has 1 N–H and O–H groups in total. The number of benzene rings is 2. The molecule has 1 heterocycles. The minimum atomic E-state index is -0.446. The summed E-state index contributed by atoms with van der Waals surface area (Å²) in [4.78, 5) is 37.0. The molecule has 0 saturated heterocycles. The monoisotopic (exact) mass is 533 g/mol. The predicted octanol–water partition coefficient (Wildman–Crippen LogP) is 6.80. The Bertz CT molecular complexity index is 1310. The fourth-order valence-electron chi connectivity index (χ4n) is 5.10. The lowest BCUT2D eigenvalue weighted by atomic mass is 10.00. The molecule has 3 aromatic rings. The number of alkyl carbamates (subject to hydrolysis) is 1. The molecule has 0 spiro atoms. The van der Waals surface area contributed by atoms with Crippen LogP contribution < -0.4 is 15.7 Å². The van der Waals surface area contributed by atoms with E-state index in [0.717, 1.165) is 85.4 Å². The number of carbonyl (C=O) groups excluding carboxylic acids is 2. The van der Waals surface area contributed by atoms with Crippen molar-refractivity contribution >= 4 is 23.0 Å². The molecule has 1 aliphatic rings. The van der Waals surface area contributed by atoms with Gasteiger partial charge in [0.1, 0.15) is 17.9 Å². The van der Waals surface area contributed by atoms with Crippen molar-refractivity contribution in [1.29, 1.82) is 0 Å². The van der Waals surface area contributed by atoms with Gasteiger partial charge in [-0.1, -0.05) is 62.9 Å². The van der Waals surface area contributed by atoms with Crippen molar-refractivity contribution in [3.63, 3.8) is 0 Å². The maximum absolute atomic E-state index is 12.7. The molecule has 0 saturated carbocycles. The standard InChI is InChI=1S/C32H39NO6/c1-2-3-4-9-15-24-20-27-25-16-12-17-26(25)31(35)39-29(27)21-28(24)38-30(34)18-10-6-11-19-33-32(36)37-22-23-13-7-5-8-14-23/h5,7-8,13-14,20-21H,2-4,6,9-12,15-19,22H2,1H3,(H,33,36). The van der Waals surface area contributed by atoms with E-state index in [1.807, 2.05) is 30.3 Å². The summed E-state index contributed by atoms with van der Waals surface area (Å²) in [6.07, 6.45) is 9.90. The third kappa shape index (κ3) is 8.19. The molecule has 1 amide bonds. The fraction of sp³-hybridized carbons (Fsp3) is 0.469. The lowest BCUT2D eigenvalue weighted by Gasteiger charge is -2.13. The lowest BCUT2D eigenvalue weighted by molar-refractivity contribution is -0.134. The number of esters is 1. The average molecular weight is 534 g/mol. The van der Waals surface area contributed by atoms with Crippen molar-refractivity contribution in [2.45, 2.75) is 90.6 Å². The van der Waals surface area contributed by atoms with E-state index in [1.54, 1.807) is 6.07 Å². The van der Waals surface area contributed by atoms with Gasteiger partial charge in [-0.05, 0) is 67.7 Å². The van der Waals surface area contributed by atoms with E-state index in [4.69, 9.17) is 13.9 Å². The number of fused-ring (bicyclic) bond motifs is 3. The van der Waals surface area contributed by atoms with Gasteiger partial charge in [0.15, 0.2) is 0 Å². The van der Waals surface area contributed by atoms with Gasteiger partial charge in [0.05, 0.1) is 0 Å². The van der Waals surface area contributed by atoms with E-state index in [-0.39, 0.29) is 24.6 Å². The highest BCUT2D eigenvalue weighted by Gasteiger charge is 2.22. The summed E-state index contributed by atoms with van der Waals surface area (Å²) < 4.78 is 16.6. The van der Waals surface area contributed by atoms with Gasteiger partial charge in [-0.15, -0.1) is 0 Å². The van der Waals surface area contributed by atoms with Crippen LogP contribution in [0.4, 0.5) is 4.79 Å². The second kappa shape index (κ2) is 14.5. The van der Waals surface area contributed by atoms with E-state index in [9.17, 15) is 14.4 Å². The predicted molar refractivity (Wildman–Crippen MR) is 151 cm³/mol. The minimum absolute atomic E-state index is 0.236. The summed E-state index contributed by atoms with van der Waals surface area (Å²) in [6.45, 7) is 2.90. The molecule has 0 unspecified atom stereocenters. The Balaban J connectivity index is 1.26. The summed E-state index contributed by atoms with van der Waals surface area (Å²) in [5.74, 6) is 0.191. The van der Waals surface area contributed by atoms with E-state index >= 15 is 0 Å². The highest BCUT2D eigenvalue weighted by Crippen LogP contribution is 2.33. The Morgan fingerprint density at radius 2 is 1.74 bits per heavy atom. The zero-order valence-electron chi connectivity index (χ0n) is 22.9. The van der Waals surface area contributed by atoms with Crippen LogP contribution in [0.1, 0.15) is 87.0 Å². The summed E-state index contributed by atoms with van der Waals surface area (Å²) >= 11 is 0. The molecule has 1 aliphatic carbocycles. The largest absolute Gasteiger partial charge is 0.445 e. The lowest BCUT2D eigenvalue weighted by Crippen LogP contribution is -2.25. The molecule has 0 atom stereocenters. The van der Waals surface area contributed by atoms with Gasteiger partial charge in [-0.2, -0.15) is 0 Å². The quantitative estimate of drug-likeness (QED) is 0.106. The van der Waals surface area contributed by atoms with Crippen LogP contribution in [-0.4, -0.2) is 18.6 Å². The first-order valence-electron chi connectivity index (χ1n) is 14.3. The van der Waals surface area contributed by atoms with Crippen LogP contribution in [-0.2, 0) is 35.4 Å². The summed E-state index contributed by atoms with van der Waals surface area (Å²) in [5, 5.41) is 3.72. The number of carbonyl (C=O) groups is 2. The number of ether oxygens (including phenoxy) is 2. The van der Waals surface area contributed by atoms with Crippen molar-refractivity contribution in [2.75, 3.05) is 6.54 Å². The van der Waals surface area contributed by atoms with Gasteiger partial charge in [0.25, 0.3) is 0 Å². The molecule has 0 aliphatic heterocycles. The Labute approximate surface area is 229 Å². The molecular formula is C32H39NO6. The highest BCUT2D eigenvalue weighted by molar-refractivity contribution is 5.85. The normalized spacial score (nSPS) is 12.3. The summed E-state index contributed by atoms with van der Waals surface area (Å²) in [6, 6.07) is 13.3. The van der Waals surface area contributed by atoms with Crippen molar-refractivity contribution < 1.29 is 23.5 Å². The summed E-state index contributed by atoms with van der Waals surface area (Å²) in [7, 11) is 0. The van der Waals surface area contributed by atoms with Crippen molar-refractivity contribution in [3.8, 4) is 5.75 Å². The van der Waals surface area contributed by atoms with Crippen LogP contribution in [0.3, 0.4) is 0 Å². The van der Waals surface area contributed by atoms with E-state index in [2.05, 4.69) is 18.3 Å². The van der Waals surface area contributed by atoms with Crippen LogP contribution in [0.2, 0.25) is 0 Å². The van der Waals surface area contributed by atoms with Crippen LogP contribution in [0.5, 0.6) is 5.75 Å². The SMILES string of the molecule is CCCCCCc1cc2c3c(c(=O)oc2cc1OC(=O)CCCCCNC(=O)OCc1ccccc1)CCC3. The first-order valence-corrected chi connectivity index (χ1v) is 14.3. The van der Waals surface area contributed by atoms with Crippen LogP contribution in [0.15, 0.2) is 51.7 Å². The Kier molecular flexibility index (Phi) is 10.6. The molecule has 7 heteroatoms. The number of hydrogen-bond acceptors (Lipinski definition) is 6. The van der Waals surface area contributed by atoms with Crippen molar-refractivity contribution in [2.24, 2.45) is 0 Å². The Morgan fingerprint density at radius 3 is 2.56 bits per heavy atom. The minimum Gasteiger partial charge on any atom is -0.445 e. The van der Waals surface area contributed by atoms with Gasteiger partial charge in [0.2, 0.25) is 0 Å². The number of rotatable bonds is 14. The Hall–Kier alpha value is -3.61. The zero-order chi connectivity index (χ0) is 27.5. The number of amides is 1. The van der Waals surface area contributed by atoms with Crippen molar-refractivity contribution in [1.82, 2.24) is 5.32 Å². The van der Waals surface area contributed by atoms with E-state index in [1.165, 1.54) is 6.42 Å².